The number of H-pyrrole nitrogens is 1. The Morgan fingerprint density at radius 2 is 2.00 bits per heavy atom. The van der Waals surface area contributed by atoms with Crippen molar-refractivity contribution in [3.63, 3.8) is 0 Å². The van der Waals surface area contributed by atoms with Crippen molar-refractivity contribution in [1.29, 1.82) is 0 Å². The number of aromatic amines is 1. The lowest BCUT2D eigenvalue weighted by molar-refractivity contribution is -0.123. The number of nitrogens with zero attached hydrogens (tertiary/aromatic N) is 2. The number of halogens is 1. The van der Waals surface area contributed by atoms with Crippen LogP contribution in [-0.4, -0.2) is 59.1 Å². The van der Waals surface area contributed by atoms with Crippen molar-refractivity contribution in [2.75, 3.05) is 26.2 Å². The fraction of sp³-hybridized carbons (Fsp3) is 0.476. The maximum Gasteiger partial charge on any atom is 0.257 e. The monoisotopic (exact) mass is 417 g/mol. The molecule has 4 rings (SSSR count). The van der Waals surface area contributed by atoms with Crippen LogP contribution in [-0.2, 0) is 4.79 Å². The summed E-state index contributed by atoms with van der Waals surface area (Å²) < 4.78 is 0. The molecule has 2 aliphatic heterocycles. The van der Waals surface area contributed by atoms with Gasteiger partial charge >= 0.3 is 0 Å². The second-order valence-corrected chi connectivity index (χ2v) is 7.68. The third kappa shape index (κ3) is 4.97. The van der Waals surface area contributed by atoms with Gasteiger partial charge in [0.15, 0.2) is 0 Å². The molecule has 156 valence electrons. The predicted molar refractivity (Wildman–Crippen MR) is 114 cm³/mol. The van der Waals surface area contributed by atoms with Crippen LogP contribution in [0.5, 0.6) is 0 Å². The van der Waals surface area contributed by atoms with E-state index in [2.05, 4.69) is 20.8 Å². The minimum absolute atomic E-state index is 0. The summed E-state index contributed by atoms with van der Waals surface area (Å²) in [5.74, 6) is 0.373. The number of hydrogen-bond acceptors (Lipinski definition) is 4. The quantitative estimate of drug-likeness (QED) is 0.695. The first-order valence-corrected chi connectivity index (χ1v) is 10.1. The molecule has 0 spiro atoms. The van der Waals surface area contributed by atoms with Crippen molar-refractivity contribution < 1.29 is 9.59 Å². The molecule has 29 heavy (non-hydrogen) atoms. The number of likely N-dealkylation sites (tertiary alicyclic amines) is 1. The third-order valence-corrected chi connectivity index (χ3v) is 5.68. The molecule has 2 fully saturated rings. The Morgan fingerprint density at radius 1 is 1.17 bits per heavy atom. The topological polar surface area (TPSA) is 90.1 Å². The second kappa shape index (κ2) is 9.89. The Labute approximate surface area is 177 Å². The highest BCUT2D eigenvalue weighted by atomic mass is 35.5. The molecular formula is C21H28ClN5O2. The molecule has 1 aromatic heterocycles. The summed E-state index contributed by atoms with van der Waals surface area (Å²) in [7, 11) is 0. The number of amides is 2. The minimum atomic E-state index is -0.0549. The van der Waals surface area contributed by atoms with Crippen molar-refractivity contribution >= 4 is 24.2 Å². The molecular weight excluding hydrogens is 390 g/mol. The Hall–Kier alpha value is -2.38. The molecule has 3 heterocycles. The molecule has 2 unspecified atom stereocenters. The third-order valence-electron chi connectivity index (χ3n) is 5.68. The smallest absolute Gasteiger partial charge is 0.257 e. The number of aromatic nitrogens is 2. The van der Waals surface area contributed by atoms with Crippen LogP contribution in [0, 0.1) is 5.92 Å². The van der Waals surface area contributed by atoms with E-state index in [9.17, 15) is 9.59 Å². The molecule has 7 nitrogen and oxygen atoms in total. The molecule has 2 aliphatic rings. The molecule has 2 saturated heterocycles. The van der Waals surface area contributed by atoms with Crippen molar-refractivity contribution in [1.82, 2.24) is 25.7 Å². The molecule has 1 aromatic carbocycles. The molecule has 2 atom stereocenters. The van der Waals surface area contributed by atoms with E-state index in [0.29, 0.717) is 18.7 Å². The van der Waals surface area contributed by atoms with E-state index >= 15 is 0 Å². The van der Waals surface area contributed by atoms with Crippen molar-refractivity contribution in [3.05, 3.63) is 42.1 Å². The number of benzene rings is 1. The Bertz CT molecular complexity index is 819. The summed E-state index contributed by atoms with van der Waals surface area (Å²) in [5.41, 5.74) is 2.31. The van der Waals surface area contributed by atoms with E-state index in [1.54, 1.807) is 6.20 Å². The number of rotatable bonds is 5. The lowest BCUT2D eigenvalue weighted by atomic mass is 9.96. The van der Waals surface area contributed by atoms with Gasteiger partial charge in [-0.2, -0.15) is 5.10 Å². The Kier molecular flexibility index (Phi) is 7.28. The number of piperidine rings is 1. The minimum Gasteiger partial charge on any atom is -0.354 e. The van der Waals surface area contributed by atoms with Gasteiger partial charge in [-0.1, -0.05) is 30.3 Å². The van der Waals surface area contributed by atoms with Crippen LogP contribution in [0.4, 0.5) is 0 Å². The molecule has 2 aromatic rings. The average Bonchev–Trinajstić information content (AvgIpc) is 3.44. The highest BCUT2D eigenvalue weighted by molar-refractivity contribution is 5.99. The zero-order valence-corrected chi connectivity index (χ0v) is 17.2. The van der Waals surface area contributed by atoms with Gasteiger partial charge in [-0.25, -0.2) is 0 Å². The van der Waals surface area contributed by atoms with Crippen molar-refractivity contribution in [2.45, 2.75) is 31.7 Å². The summed E-state index contributed by atoms with van der Waals surface area (Å²) in [5, 5.41) is 13.4. The van der Waals surface area contributed by atoms with Crippen molar-refractivity contribution in [2.24, 2.45) is 5.92 Å². The van der Waals surface area contributed by atoms with E-state index in [1.807, 2.05) is 35.2 Å². The fourth-order valence-corrected chi connectivity index (χ4v) is 4.14. The van der Waals surface area contributed by atoms with Gasteiger partial charge in [-0.15, -0.1) is 12.4 Å². The van der Waals surface area contributed by atoms with E-state index < -0.39 is 0 Å². The zero-order valence-electron chi connectivity index (χ0n) is 16.4. The van der Waals surface area contributed by atoms with Crippen LogP contribution < -0.4 is 10.6 Å². The SMILES string of the molecule is Cl.O=C(NCC1CCCN(C(=O)c2cn[nH]c2-c2ccccc2)C1)C1CCCN1. The van der Waals surface area contributed by atoms with Crippen LogP contribution in [0.25, 0.3) is 11.3 Å². The highest BCUT2D eigenvalue weighted by Gasteiger charge is 2.28. The Morgan fingerprint density at radius 3 is 2.76 bits per heavy atom. The maximum absolute atomic E-state index is 13.1. The van der Waals surface area contributed by atoms with Gasteiger partial charge in [0, 0.05) is 25.2 Å². The zero-order chi connectivity index (χ0) is 19.3. The molecule has 2 amide bonds. The van der Waals surface area contributed by atoms with Crippen LogP contribution in [0.1, 0.15) is 36.0 Å². The van der Waals surface area contributed by atoms with Gasteiger partial charge in [-0.05, 0) is 38.1 Å². The highest BCUT2D eigenvalue weighted by Crippen LogP contribution is 2.24. The lowest BCUT2D eigenvalue weighted by Gasteiger charge is -2.33. The summed E-state index contributed by atoms with van der Waals surface area (Å²) in [4.78, 5) is 27.2. The van der Waals surface area contributed by atoms with Crippen LogP contribution in [0.15, 0.2) is 36.5 Å². The predicted octanol–water partition coefficient (Wildman–Crippen LogP) is 2.22. The fourth-order valence-electron chi connectivity index (χ4n) is 4.14. The summed E-state index contributed by atoms with van der Waals surface area (Å²) in [6.45, 7) is 2.94. The van der Waals surface area contributed by atoms with Gasteiger partial charge in [0.25, 0.3) is 5.91 Å². The van der Waals surface area contributed by atoms with Crippen LogP contribution >= 0.6 is 12.4 Å². The first-order chi connectivity index (χ1) is 13.7. The molecule has 0 aliphatic carbocycles. The summed E-state index contributed by atoms with van der Waals surface area (Å²) >= 11 is 0. The number of hydrogen-bond donors (Lipinski definition) is 3. The standard InChI is InChI=1S/C21H27N5O2.ClH/c27-20(18-9-4-10-22-18)23-12-15-6-5-11-26(14-15)21(28)17-13-24-25-19(17)16-7-2-1-3-8-16;/h1-3,7-8,13,15,18,22H,4-6,9-12,14H2,(H,23,27)(H,24,25);1H. The van der Waals surface area contributed by atoms with Gasteiger partial charge in [0.05, 0.1) is 23.5 Å². The summed E-state index contributed by atoms with van der Waals surface area (Å²) in [6, 6.07) is 9.73. The first-order valence-electron chi connectivity index (χ1n) is 10.1. The summed E-state index contributed by atoms with van der Waals surface area (Å²) in [6.07, 6.45) is 5.55. The number of carbonyl (C=O) groups is 2. The first kappa shape index (κ1) is 21.3. The van der Waals surface area contributed by atoms with E-state index in [-0.39, 0.29) is 36.2 Å². The maximum atomic E-state index is 13.1. The number of nitrogens with one attached hydrogen (secondary N) is 3. The van der Waals surface area contributed by atoms with E-state index in [0.717, 1.165) is 50.0 Å². The second-order valence-electron chi connectivity index (χ2n) is 7.68. The molecule has 0 saturated carbocycles. The van der Waals surface area contributed by atoms with Crippen LogP contribution in [0.3, 0.4) is 0 Å². The van der Waals surface area contributed by atoms with E-state index in [1.165, 1.54) is 0 Å². The van der Waals surface area contributed by atoms with Gasteiger partial charge in [0.1, 0.15) is 0 Å². The Balaban J connectivity index is 0.00000240. The van der Waals surface area contributed by atoms with Crippen molar-refractivity contribution in [3.8, 4) is 11.3 Å². The lowest BCUT2D eigenvalue weighted by Crippen LogP contribution is -2.46. The van der Waals surface area contributed by atoms with Crippen LogP contribution in [0.2, 0.25) is 0 Å². The molecule has 0 bridgehead atoms. The van der Waals surface area contributed by atoms with Gasteiger partial charge < -0.3 is 15.5 Å². The van der Waals surface area contributed by atoms with E-state index in [4.69, 9.17) is 0 Å². The molecule has 0 radical (unpaired) electrons. The number of carbonyl (C=O) groups excluding carboxylic acids is 2. The normalized spacial score (nSPS) is 21.4. The largest absolute Gasteiger partial charge is 0.354 e. The molecule has 8 heteroatoms. The van der Waals surface area contributed by atoms with Gasteiger partial charge in [-0.3, -0.25) is 14.7 Å². The van der Waals surface area contributed by atoms with Gasteiger partial charge in [0.2, 0.25) is 5.91 Å². The molecule has 3 N–H and O–H groups in total. The average molecular weight is 418 g/mol.